The molecule has 1 aromatic heterocycles. The van der Waals surface area contributed by atoms with Gasteiger partial charge in [0.15, 0.2) is 0 Å². The number of carbonyl (C=O) groups is 1. The van der Waals surface area contributed by atoms with Crippen molar-refractivity contribution in [2.24, 2.45) is 0 Å². The van der Waals surface area contributed by atoms with E-state index in [0.29, 0.717) is 11.9 Å². The largest absolute Gasteiger partial charge is 0.477 e. The van der Waals surface area contributed by atoms with Crippen molar-refractivity contribution in [2.75, 3.05) is 11.9 Å². The Hall–Kier alpha value is -1.65. The molecule has 1 heterocycles. The third-order valence-electron chi connectivity index (χ3n) is 2.35. The number of rotatable bonds is 3. The SMILES string of the molecule is CN(c1ncncc1C(=O)O)C1CC1. The smallest absolute Gasteiger partial charge is 0.341 e. The van der Waals surface area contributed by atoms with Crippen molar-refractivity contribution in [3.05, 3.63) is 18.1 Å². The molecule has 0 saturated heterocycles. The summed E-state index contributed by atoms with van der Waals surface area (Å²) in [5.74, 6) is -0.469. The minimum atomic E-state index is -0.979. The van der Waals surface area contributed by atoms with Crippen LogP contribution in [0.5, 0.6) is 0 Å². The summed E-state index contributed by atoms with van der Waals surface area (Å²) >= 11 is 0. The van der Waals surface area contributed by atoms with Crippen LogP contribution >= 0.6 is 0 Å². The molecule has 0 radical (unpaired) electrons. The van der Waals surface area contributed by atoms with E-state index < -0.39 is 5.97 Å². The maximum Gasteiger partial charge on any atom is 0.341 e. The topological polar surface area (TPSA) is 66.3 Å². The van der Waals surface area contributed by atoms with Gasteiger partial charge in [0.05, 0.1) is 0 Å². The molecule has 0 aromatic carbocycles. The molecule has 0 aliphatic heterocycles. The van der Waals surface area contributed by atoms with Gasteiger partial charge in [-0.05, 0) is 12.8 Å². The molecule has 0 amide bonds. The quantitative estimate of drug-likeness (QED) is 0.768. The normalized spacial score (nSPS) is 15.2. The highest BCUT2D eigenvalue weighted by Crippen LogP contribution is 2.30. The highest BCUT2D eigenvalue weighted by Gasteiger charge is 2.29. The number of aromatic nitrogens is 2. The summed E-state index contributed by atoms with van der Waals surface area (Å²) in [7, 11) is 1.87. The fourth-order valence-electron chi connectivity index (χ4n) is 1.39. The first-order valence-corrected chi connectivity index (χ1v) is 4.46. The van der Waals surface area contributed by atoms with Crippen LogP contribution in [-0.2, 0) is 0 Å². The van der Waals surface area contributed by atoms with Crippen molar-refractivity contribution in [3.8, 4) is 0 Å². The summed E-state index contributed by atoms with van der Waals surface area (Å²) in [5.41, 5.74) is 0.168. The Morgan fingerprint density at radius 2 is 2.36 bits per heavy atom. The summed E-state index contributed by atoms with van der Waals surface area (Å²) < 4.78 is 0. The van der Waals surface area contributed by atoms with Gasteiger partial charge < -0.3 is 10.0 Å². The first kappa shape index (κ1) is 8.93. The Labute approximate surface area is 81.4 Å². The van der Waals surface area contributed by atoms with Crippen LogP contribution in [0.15, 0.2) is 12.5 Å². The predicted molar refractivity (Wildman–Crippen MR) is 50.4 cm³/mol. The molecule has 2 rings (SSSR count). The molecule has 5 nitrogen and oxygen atoms in total. The van der Waals surface area contributed by atoms with Crippen molar-refractivity contribution in [2.45, 2.75) is 18.9 Å². The van der Waals surface area contributed by atoms with E-state index in [-0.39, 0.29) is 5.56 Å². The van der Waals surface area contributed by atoms with Gasteiger partial charge in [0.1, 0.15) is 17.7 Å². The highest BCUT2D eigenvalue weighted by molar-refractivity contribution is 5.92. The molecule has 0 unspecified atom stereocenters. The Morgan fingerprint density at radius 1 is 1.64 bits per heavy atom. The van der Waals surface area contributed by atoms with Gasteiger partial charge in [0.2, 0.25) is 0 Å². The fourth-order valence-corrected chi connectivity index (χ4v) is 1.39. The summed E-state index contributed by atoms with van der Waals surface area (Å²) in [5, 5.41) is 8.91. The second-order valence-corrected chi connectivity index (χ2v) is 3.41. The van der Waals surface area contributed by atoms with Crippen LogP contribution in [-0.4, -0.2) is 34.1 Å². The van der Waals surface area contributed by atoms with E-state index in [1.54, 1.807) is 0 Å². The minimum absolute atomic E-state index is 0.168. The molecule has 1 N–H and O–H groups in total. The number of carboxylic acids is 1. The van der Waals surface area contributed by atoms with Gasteiger partial charge in [0.25, 0.3) is 0 Å². The average molecular weight is 193 g/mol. The first-order valence-electron chi connectivity index (χ1n) is 4.46. The van der Waals surface area contributed by atoms with E-state index >= 15 is 0 Å². The van der Waals surface area contributed by atoms with Crippen LogP contribution in [0.3, 0.4) is 0 Å². The zero-order valence-corrected chi connectivity index (χ0v) is 7.84. The molecular weight excluding hydrogens is 182 g/mol. The van der Waals surface area contributed by atoms with Crippen LogP contribution in [0.1, 0.15) is 23.2 Å². The third-order valence-corrected chi connectivity index (χ3v) is 2.35. The van der Waals surface area contributed by atoms with Crippen LogP contribution in [0.4, 0.5) is 5.82 Å². The van der Waals surface area contributed by atoms with Crippen molar-refractivity contribution >= 4 is 11.8 Å². The van der Waals surface area contributed by atoms with E-state index in [2.05, 4.69) is 9.97 Å². The zero-order chi connectivity index (χ0) is 10.1. The molecule has 1 fully saturated rings. The first-order chi connectivity index (χ1) is 6.70. The Kier molecular flexibility index (Phi) is 2.07. The lowest BCUT2D eigenvalue weighted by Gasteiger charge is -2.18. The lowest BCUT2D eigenvalue weighted by molar-refractivity contribution is 0.0696. The average Bonchev–Trinajstić information content (AvgIpc) is 3.00. The van der Waals surface area contributed by atoms with Crippen molar-refractivity contribution in [3.63, 3.8) is 0 Å². The molecule has 14 heavy (non-hydrogen) atoms. The zero-order valence-electron chi connectivity index (χ0n) is 7.84. The maximum atomic E-state index is 10.9. The standard InChI is InChI=1S/C9H11N3O2/c1-12(6-2-3-6)8-7(9(13)14)4-10-5-11-8/h4-6H,2-3H2,1H3,(H,13,14). The lowest BCUT2D eigenvalue weighted by Crippen LogP contribution is -2.23. The van der Waals surface area contributed by atoms with Gasteiger partial charge in [-0.2, -0.15) is 0 Å². The minimum Gasteiger partial charge on any atom is -0.477 e. The summed E-state index contributed by atoms with van der Waals surface area (Å²) in [6, 6.07) is 0.447. The Morgan fingerprint density at radius 3 is 2.93 bits per heavy atom. The van der Waals surface area contributed by atoms with Crippen LogP contribution in [0.25, 0.3) is 0 Å². The third kappa shape index (κ3) is 1.53. The monoisotopic (exact) mass is 193 g/mol. The number of carboxylic acid groups (broad SMARTS) is 1. The van der Waals surface area contributed by atoms with Crippen LogP contribution in [0.2, 0.25) is 0 Å². The highest BCUT2D eigenvalue weighted by atomic mass is 16.4. The Bertz CT molecular complexity index is 363. The molecule has 5 heteroatoms. The van der Waals surface area contributed by atoms with Gasteiger partial charge in [-0.1, -0.05) is 0 Å². The Balaban J connectivity index is 2.34. The summed E-state index contributed by atoms with van der Waals surface area (Å²) in [4.78, 5) is 20.5. The van der Waals surface area contributed by atoms with Crippen molar-refractivity contribution in [1.82, 2.24) is 9.97 Å². The predicted octanol–water partition coefficient (Wildman–Crippen LogP) is 0.773. The maximum absolute atomic E-state index is 10.9. The number of anilines is 1. The molecule has 1 aliphatic carbocycles. The van der Waals surface area contributed by atoms with E-state index in [0.717, 1.165) is 12.8 Å². The molecule has 0 atom stereocenters. The second-order valence-electron chi connectivity index (χ2n) is 3.41. The van der Waals surface area contributed by atoms with Gasteiger partial charge in [0, 0.05) is 19.3 Å². The van der Waals surface area contributed by atoms with E-state index in [1.807, 2.05) is 11.9 Å². The number of hydrogen-bond acceptors (Lipinski definition) is 4. The number of aromatic carboxylic acids is 1. The van der Waals surface area contributed by atoms with E-state index in [1.165, 1.54) is 12.5 Å². The van der Waals surface area contributed by atoms with E-state index in [4.69, 9.17) is 5.11 Å². The van der Waals surface area contributed by atoms with Crippen LogP contribution in [0, 0.1) is 0 Å². The summed E-state index contributed by atoms with van der Waals surface area (Å²) in [6.07, 6.45) is 4.93. The van der Waals surface area contributed by atoms with Gasteiger partial charge in [-0.15, -0.1) is 0 Å². The van der Waals surface area contributed by atoms with Gasteiger partial charge in [-0.25, -0.2) is 14.8 Å². The molecule has 1 aliphatic rings. The molecular formula is C9H11N3O2. The number of hydrogen-bond donors (Lipinski definition) is 1. The summed E-state index contributed by atoms with van der Waals surface area (Å²) in [6.45, 7) is 0. The van der Waals surface area contributed by atoms with Gasteiger partial charge in [-0.3, -0.25) is 0 Å². The number of nitrogens with zero attached hydrogens (tertiary/aromatic N) is 3. The molecule has 1 aromatic rings. The van der Waals surface area contributed by atoms with Gasteiger partial charge >= 0.3 is 5.97 Å². The molecule has 1 saturated carbocycles. The molecule has 0 spiro atoms. The lowest BCUT2D eigenvalue weighted by atomic mass is 10.3. The van der Waals surface area contributed by atoms with E-state index in [9.17, 15) is 4.79 Å². The molecule has 74 valence electrons. The van der Waals surface area contributed by atoms with Crippen LogP contribution < -0.4 is 4.90 Å². The fraction of sp³-hybridized carbons (Fsp3) is 0.444. The second kappa shape index (κ2) is 3.25. The van der Waals surface area contributed by atoms with Crippen molar-refractivity contribution < 1.29 is 9.90 Å². The van der Waals surface area contributed by atoms with Crippen molar-refractivity contribution in [1.29, 1.82) is 0 Å². The molecule has 0 bridgehead atoms.